The first-order valence-corrected chi connectivity index (χ1v) is 10.2. The van der Waals surface area contributed by atoms with Crippen molar-refractivity contribution in [2.45, 2.75) is 32.1 Å². The van der Waals surface area contributed by atoms with Crippen LogP contribution in [0.2, 0.25) is 0 Å². The Balaban J connectivity index is 1.23. The number of carbonyl (C=O) groups is 1. The molecule has 3 aliphatic rings. The molecule has 0 N–H and O–H groups in total. The third kappa shape index (κ3) is 3.68. The van der Waals surface area contributed by atoms with Crippen molar-refractivity contribution in [2.24, 2.45) is 11.8 Å². The van der Waals surface area contributed by atoms with Crippen LogP contribution in [0.1, 0.15) is 34.9 Å². The highest BCUT2D eigenvalue weighted by Crippen LogP contribution is 2.50. The van der Waals surface area contributed by atoms with Gasteiger partial charge in [-0.1, -0.05) is 0 Å². The number of amides is 1. The number of nitrogens with zero attached hydrogens (tertiary/aromatic N) is 2. The van der Waals surface area contributed by atoms with E-state index < -0.39 is 0 Å². The second-order valence-corrected chi connectivity index (χ2v) is 8.90. The van der Waals surface area contributed by atoms with Crippen LogP contribution in [0, 0.1) is 18.8 Å². The Morgan fingerprint density at radius 1 is 1.21 bits per heavy atom. The van der Waals surface area contributed by atoms with Gasteiger partial charge in [-0.15, -0.1) is 11.3 Å². The smallest absolute Gasteiger partial charge is 0.226 e. The molecule has 1 aliphatic carbocycles. The largest absolute Gasteiger partial charge is 0.381 e. The van der Waals surface area contributed by atoms with Crippen LogP contribution < -0.4 is 0 Å². The molecule has 0 bridgehead atoms. The van der Waals surface area contributed by atoms with E-state index in [9.17, 15) is 4.79 Å². The fourth-order valence-electron chi connectivity index (χ4n) is 4.11. The first-order valence-electron chi connectivity index (χ1n) is 9.36. The van der Waals surface area contributed by atoms with Gasteiger partial charge in [0.25, 0.3) is 0 Å². The summed E-state index contributed by atoms with van der Waals surface area (Å²) in [5.41, 5.74) is 0. The molecule has 24 heavy (non-hydrogen) atoms. The van der Waals surface area contributed by atoms with E-state index in [1.165, 1.54) is 29.1 Å². The molecule has 0 unspecified atom stereocenters. The van der Waals surface area contributed by atoms with Crippen molar-refractivity contribution in [3.8, 4) is 0 Å². The van der Waals surface area contributed by atoms with Crippen LogP contribution in [-0.4, -0.2) is 61.6 Å². The summed E-state index contributed by atoms with van der Waals surface area (Å²) in [6.07, 6.45) is 3.45. The van der Waals surface area contributed by atoms with E-state index in [1.54, 1.807) is 0 Å². The van der Waals surface area contributed by atoms with Crippen LogP contribution >= 0.6 is 11.3 Å². The Kier molecular flexibility index (Phi) is 4.93. The van der Waals surface area contributed by atoms with Gasteiger partial charge in [0, 0.05) is 67.5 Å². The number of piperazine rings is 1. The Hall–Kier alpha value is -0.910. The summed E-state index contributed by atoms with van der Waals surface area (Å²) in [5.74, 6) is 1.94. The molecule has 2 saturated heterocycles. The van der Waals surface area contributed by atoms with Crippen molar-refractivity contribution in [1.82, 2.24) is 9.80 Å². The quantitative estimate of drug-likeness (QED) is 0.839. The zero-order valence-corrected chi connectivity index (χ0v) is 15.4. The van der Waals surface area contributed by atoms with Crippen LogP contribution in [-0.2, 0) is 9.53 Å². The Bertz CT molecular complexity index is 574. The molecule has 0 radical (unpaired) electrons. The van der Waals surface area contributed by atoms with Crippen LogP contribution in [0.25, 0.3) is 0 Å². The number of ether oxygens (including phenoxy) is 1. The van der Waals surface area contributed by atoms with Crippen LogP contribution in [0.4, 0.5) is 0 Å². The topological polar surface area (TPSA) is 32.8 Å². The third-order valence-electron chi connectivity index (χ3n) is 5.78. The Morgan fingerprint density at radius 2 is 1.96 bits per heavy atom. The Morgan fingerprint density at radius 3 is 2.62 bits per heavy atom. The fraction of sp³-hybridized carbons (Fsp3) is 0.737. The van der Waals surface area contributed by atoms with Gasteiger partial charge in [0.1, 0.15) is 0 Å². The van der Waals surface area contributed by atoms with Crippen molar-refractivity contribution in [1.29, 1.82) is 0 Å². The molecular formula is C19H28N2O2S. The van der Waals surface area contributed by atoms with E-state index in [2.05, 4.69) is 28.9 Å². The molecule has 5 heteroatoms. The van der Waals surface area contributed by atoms with Crippen LogP contribution in [0.5, 0.6) is 0 Å². The first-order chi connectivity index (χ1) is 11.7. The minimum atomic E-state index is 0.255. The third-order valence-corrected chi connectivity index (χ3v) is 6.91. The molecule has 2 atom stereocenters. The number of rotatable bonds is 4. The SMILES string of the molecule is Cc1ccc([C@@H]2C[C@H]2C(=O)N2CCN(CC3CCOCC3)CC2)s1. The molecule has 1 aromatic heterocycles. The highest BCUT2D eigenvalue weighted by Gasteiger charge is 2.46. The molecule has 1 saturated carbocycles. The van der Waals surface area contributed by atoms with E-state index >= 15 is 0 Å². The minimum absolute atomic E-state index is 0.255. The molecule has 1 aromatic rings. The Labute approximate surface area is 148 Å². The molecular weight excluding hydrogens is 320 g/mol. The number of thiophene rings is 1. The molecule has 4 rings (SSSR count). The summed E-state index contributed by atoms with van der Waals surface area (Å²) in [5, 5.41) is 0. The van der Waals surface area contributed by atoms with Gasteiger partial charge in [-0.3, -0.25) is 9.69 Å². The zero-order chi connectivity index (χ0) is 16.5. The van der Waals surface area contributed by atoms with Crippen molar-refractivity contribution in [2.75, 3.05) is 45.9 Å². The van der Waals surface area contributed by atoms with Gasteiger partial charge in [-0.05, 0) is 44.2 Å². The highest BCUT2D eigenvalue weighted by atomic mass is 32.1. The normalized spacial score (nSPS) is 29.0. The molecule has 2 aliphatic heterocycles. The molecule has 0 aromatic carbocycles. The summed E-state index contributed by atoms with van der Waals surface area (Å²) in [4.78, 5) is 20.2. The van der Waals surface area contributed by atoms with Crippen molar-refractivity contribution >= 4 is 17.2 Å². The average molecular weight is 349 g/mol. The maximum atomic E-state index is 12.7. The first kappa shape index (κ1) is 16.6. The highest BCUT2D eigenvalue weighted by molar-refractivity contribution is 7.12. The van der Waals surface area contributed by atoms with Gasteiger partial charge in [0.05, 0.1) is 0 Å². The van der Waals surface area contributed by atoms with Gasteiger partial charge in [0.2, 0.25) is 5.91 Å². The van der Waals surface area contributed by atoms with Gasteiger partial charge in [0.15, 0.2) is 0 Å². The second kappa shape index (κ2) is 7.14. The lowest BCUT2D eigenvalue weighted by Gasteiger charge is -2.37. The van der Waals surface area contributed by atoms with Gasteiger partial charge in [-0.2, -0.15) is 0 Å². The fourth-order valence-corrected chi connectivity index (χ4v) is 5.17. The lowest BCUT2D eigenvalue weighted by atomic mass is 9.99. The second-order valence-electron chi connectivity index (χ2n) is 7.58. The van der Waals surface area contributed by atoms with Gasteiger partial charge in [-0.25, -0.2) is 0 Å². The van der Waals surface area contributed by atoms with E-state index in [4.69, 9.17) is 4.74 Å². The van der Waals surface area contributed by atoms with Crippen molar-refractivity contribution in [3.63, 3.8) is 0 Å². The maximum absolute atomic E-state index is 12.7. The van der Waals surface area contributed by atoms with Crippen LogP contribution in [0.15, 0.2) is 12.1 Å². The predicted octanol–water partition coefficient (Wildman–Crippen LogP) is 2.73. The van der Waals surface area contributed by atoms with E-state index in [-0.39, 0.29) is 5.92 Å². The summed E-state index contributed by atoms with van der Waals surface area (Å²) < 4.78 is 5.45. The van der Waals surface area contributed by atoms with E-state index in [1.807, 2.05) is 11.3 Å². The van der Waals surface area contributed by atoms with Crippen LogP contribution in [0.3, 0.4) is 0 Å². The standard InChI is InChI=1S/C19H28N2O2S/c1-14-2-3-18(24-14)16-12-17(16)19(22)21-8-6-20(7-9-21)13-15-4-10-23-11-5-15/h2-3,15-17H,4-13H2,1H3/t16-,17-/m1/s1. The van der Waals surface area contributed by atoms with Crippen molar-refractivity contribution < 1.29 is 9.53 Å². The summed E-state index contributed by atoms with van der Waals surface area (Å²) in [6.45, 7) is 9.08. The monoisotopic (exact) mass is 348 g/mol. The zero-order valence-electron chi connectivity index (χ0n) is 14.6. The number of hydrogen-bond donors (Lipinski definition) is 0. The average Bonchev–Trinajstić information content (AvgIpc) is 3.30. The molecule has 1 amide bonds. The van der Waals surface area contributed by atoms with Gasteiger partial charge >= 0.3 is 0 Å². The molecule has 4 nitrogen and oxygen atoms in total. The molecule has 0 spiro atoms. The number of hydrogen-bond acceptors (Lipinski definition) is 4. The molecule has 3 fully saturated rings. The summed E-state index contributed by atoms with van der Waals surface area (Å²) in [7, 11) is 0. The summed E-state index contributed by atoms with van der Waals surface area (Å²) in [6, 6.07) is 4.39. The van der Waals surface area contributed by atoms with E-state index in [0.717, 1.165) is 51.7 Å². The van der Waals surface area contributed by atoms with E-state index in [0.29, 0.717) is 11.8 Å². The number of carbonyl (C=O) groups excluding carboxylic acids is 1. The molecule has 132 valence electrons. The summed E-state index contributed by atoms with van der Waals surface area (Å²) >= 11 is 1.86. The lowest BCUT2D eigenvalue weighted by Crippen LogP contribution is -2.50. The minimum Gasteiger partial charge on any atom is -0.381 e. The molecule has 3 heterocycles. The van der Waals surface area contributed by atoms with Crippen molar-refractivity contribution in [3.05, 3.63) is 21.9 Å². The lowest BCUT2D eigenvalue weighted by molar-refractivity contribution is -0.134. The predicted molar refractivity (Wildman–Crippen MR) is 96.5 cm³/mol. The van der Waals surface area contributed by atoms with Gasteiger partial charge < -0.3 is 9.64 Å². The maximum Gasteiger partial charge on any atom is 0.226 e. The number of aryl methyl sites for hydroxylation is 1.